The van der Waals surface area contributed by atoms with E-state index >= 15 is 0 Å². The van der Waals surface area contributed by atoms with Crippen molar-refractivity contribution >= 4 is 21.7 Å². The predicted octanol–water partition coefficient (Wildman–Crippen LogP) is 1.40. The van der Waals surface area contributed by atoms with E-state index in [-0.39, 0.29) is 5.75 Å². The van der Waals surface area contributed by atoms with Crippen molar-refractivity contribution in [2.24, 2.45) is 0 Å². The van der Waals surface area contributed by atoms with Gasteiger partial charge in [0.1, 0.15) is 6.54 Å². The molecule has 0 unspecified atom stereocenters. The highest BCUT2D eigenvalue weighted by molar-refractivity contribution is 7.92. The van der Waals surface area contributed by atoms with Crippen molar-refractivity contribution in [3.63, 3.8) is 0 Å². The summed E-state index contributed by atoms with van der Waals surface area (Å²) >= 11 is 0. The van der Waals surface area contributed by atoms with Gasteiger partial charge in [0.15, 0.2) is 0 Å². The molecule has 0 heterocycles. The molecule has 0 fully saturated rings. The molecule has 0 aromatic heterocycles. The minimum absolute atomic E-state index is 0.297. The van der Waals surface area contributed by atoms with Crippen molar-refractivity contribution in [3.05, 3.63) is 42.5 Å². The maximum absolute atomic E-state index is 11.9. The fraction of sp³-hybridized carbons (Fsp3) is 0.250. The van der Waals surface area contributed by atoms with Gasteiger partial charge < -0.3 is 5.11 Å². The summed E-state index contributed by atoms with van der Waals surface area (Å²) in [5.74, 6) is -1.50. The highest BCUT2D eigenvalue weighted by Gasteiger charge is 2.23. The van der Waals surface area contributed by atoms with E-state index in [1.807, 2.05) is 6.92 Å². The number of anilines is 1. The van der Waals surface area contributed by atoms with Crippen LogP contribution in [-0.4, -0.2) is 31.8 Å². The first-order valence-electron chi connectivity index (χ1n) is 5.26. The van der Waals surface area contributed by atoms with Gasteiger partial charge in [-0.25, -0.2) is 8.42 Å². The van der Waals surface area contributed by atoms with Crippen molar-refractivity contribution in [2.45, 2.75) is 6.92 Å². The first kappa shape index (κ1) is 14.2. The Kier molecular flexibility index (Phi) is 4.49. The summed E-state index contributed by atoms with van der Waals surface area (Å²) in [5, 5.41) is 8.80. The van der Waals surface area contributed by atoms with E-state index in [1.54, 1.807) is 24.3 Å². The van der Waals surface area contributed by atoms with Gasteiger partial charge in [-0.1, -0.05) is 23.8 Å². The minimum Gasteiger partial charge on any atom is -0.480 e. The molecule has 18 heavy (non-hydrogen) atoms. The molecular weight excluding hydrogens is 254 g/mol. The SMILES string of the molecule is C=CCS(=O)(=O)N(CC(=O)O)c1ccc(C)cc1. The molecule has 0 radical (unpaired) electrons. The molecule has 0 aliphatic rings. The lowest BCUT2D eigenvalue weighted by Crippen LogP contribution is -2.36. The maximum Gasteiger partial charge on any atom is 0.324 e. The monoisotopic (exact) mass is 269 g/mol. The Labute approximate surface area is 106 Å². The Balaban J connectivity index is 3.17. The number of nitrogens with zero attached hydrogens (tertiary/aromatic N) is 1. The second-order valence-electron chi connectivity index (χ2n) is 3.80. The van der Waals surface area contributed by atoms with Crippen LogP contribution in [0.3, 0.4) is 0 Å². The number of carboxylic acids is 1. The third kappa shape index (κ3) is 3.59. The largest absolute Gasteiger partial charge is 0.480 e. The summed E-state index contributed by atoms with van der Waals surface area (Å²) in [6, 6.07) is 6.62. The molecule has 0 atom stereocenters. The Morgan fingerprint density at radius 1 is 1.39 bits per heavy atom. The second-order valence-corrected chi connectivity index (χ2v) is 5.74. The third-order valence-electron chi connectivity index (χ3n) is 2.27. The standard InChI is InChI=1S/C12H15NO4S/c1-3-8-18(16,17)13(9-12(14)15)11-6-4-10(2)5-7-11/h3-7H,1,8-9H2,2H3,(H,14,15). The number of carboxylic acid groups (broad SMARTS) is 1. The summed E-state index contributed by atoms with van der Waals surface area (Å²) in [7, 11) is -3.70. The molecule has 0 bridgehead atoms. The molecule has 0 aliphatic heterocycles. The molecule has 1 aromatic carbocycles. The average Bonchev–Trinajstić information content (AvgIpc) is 2.27. The summed E-state index contributed by atoms with van der Waals surface area (Å²) in [4.78, 5) is 10.8. The zero-order valence-electron chi connectivity index (χ0n) is 10.0. The quantitative estimate of drug-likeness (QED) is 0.792. The first-order chi connectivity index (χ1) is 8.36. The van der Waals surface area contributed by atoms with Crippen LogP contribution in [0, 0.1) is 6.92 Å². The van der Waals surface area contributed by atoms with Crippen molar-refractivity contribution in [1.29, 1.82) is 0 Å². The van der Waals surface area contributed by atoms with Gasteiger partial charge in [0.25, 0.3) is 0 Å². The molecule has 6 heteroatoms. The molecule has 5 nitrogen and oxygen atoms in total. The number of rotatable bonds is 6. The molecule has 0 aliphatic carbocycles. The Hall–Kier alpha value is -1.82. The van der Waals surface area contributed by atoms with Gasteiger partial charge in [-0.15, -0.1) is 6.58 Å². The Morgan fingerprint density at radius 2 is 1.94 bits per heavy atom. The summed E-state index contributed by atoms with van der Waals surface area (Å²) in [6.45, 7) is 4.63. The summed E-state index contributed by atoms with van der Waals surface area (Å²) in [5.41, 5.74) is 1.31. The maximum atomic E-state index is 11.9. The van der Waals surface area contributed by atoms with Crippen molar-refractivity contribution < 1.29 is 18.3 Å². The number of benzene rings is 1. The Bertz CT molecular complexity index is 534. The third-order valence-corrected chi connectivity index (χ3v) is 3.93. The number of carbonyl (C=O) groups is 1. The van der Waals surface area contributed by atoms with E-state index in [4.69, 9.17) is 5.11 Å². The lowest BCUT2D eigenvalue weighted by molar-refractivity contribution is -0.135. The molecule has 1 N–H and O–H groups in total. The van der Waals surface area contributed by atoms with E-state index in [0.717, 1.165) is 9.87 Å². The Morgan fingerprint density at radius 3 is 2.39 bits per heavy atom. The van der Waals surface area contributed by atoms with Crippen LogP contribution in [0.15, 0.2) is 36.9 Å². The molecule has 0 saturated heterocycles. The topological polar surface area (TPSA) is 74.7 Å². The minimum atomic E-state index is -3.70. The summed E-state index contributed by atoms with van der Waals surface area (Å²) in [6.07, 6.45) is 1.23. The highest BCUT2D eigenvalue weighted by atomic mass is 32.2. The van der Waals surface area contributed by atoms with E-state index in [1.165, 1.54) is 6.08 Å². The lowest BCUT2D eigenvalue weighted by Gasteiger charge is -2.22. The van der Waals surface area contributed by atoms with E-state index < -0.39 is 22.5 Å². The normalized spacial score (nSPS) is 10.9. The van der Waals surface area contributed by atoms with Crippen molar-refractivity contribution in [2.75, 3.05) is 16.6 Å². The zero-order valence-corrected chi connectivity index (χ0v) is 10.9. The number of aryl methyl sites for hydroxylation is 1. The van der Waals surface area contributed by atoms with Crippen LogP contribution in [0.2, 0.25) is 0 Å². The number of hydrogen-bond donors (Lipinski definition) is 1. The number of sulfonamides is 1. The molecule has 1 rings (SSSR count). The van der Waals surface area contributed by atoms with Gasteiger partial charge in [-0.05, 0) is 19.1 Å². The number of aliphatic carboxylic acids is 1. The van der Waals surface area contributed by atoms with Crippen molar-refractivity contribution in [3.8, 4) is 0 Å². The van der Waals surface area contributed by atoms with E-state index in [9.17, 15) is 13.2 Å². The van der Waals surface area contributed by atoms with E-state index in [0.29, 0.717) is 5.69 Å². The molecule has 98 valence electrons. The van der Waals surface area contributed by atoms with Gasteiger partial charge in [0, 0.05) is 0 Å². The zero-order chi connectivity index (χ0) is 13.8. The molecule has 0 amide bonds. The lowest BCUT2D eigenvalue weighted by atomic mass is 10.2. The molecule has 1 aromatic rings. The fourth-order valence-electron chi connectivity index (χ4n) is 1.42. The van der Waals surface area contributed by atoms with Crippen LogP contribution < -0.4 is 4.31 Å². The van der Waals surface area contributed by atoms with Crippen molar-refractivity contribution in [1.82, 2.24) is 0 Å². The van der Waals surface area contributed by atoms with Crippen LogP contribution >= 0.6 is 0 Å². The van der Waals surface area contributed by atoms with Gasteiger partial charge in [-0.3, -0.25) is 9.10 Å². The van der Waals surface area contributed by atoms with Gasteiger partial charge in [0.2, 0.25) is 10.0 Å². The summed E-state index contributed by atoms with van der Waals surface area (Å²) < 4.78 is 24.8. The molecular formula is C12H15NO4S. The van der Waals surface area contributed by atoms with Gasteiger partial charge in [-0.2, -0.15) is 0 Å². The smallest absolute Gasteiger partial charge is 0.324 e. The van der Waals surface area contributed by atoms with Gasteiger partial charge >= 0.3 is 5.97 Å². The van der Waals surface area contributed by atoms with Crippen LogP contribution in [0.1, 0.15) is 5.56 Å². The number of hydrogen-bond acceptors (Lipinski definition) is 3. The van der Waals surface area contributed by atoms with Crippen LogP contribution in [0.4, 0.5) is 5.69 Å². The van der Waals surface area contributed by atoms with E-state index in [2.05, 4.69) is 6.58 Å². The highest BCUT2D eigenvalue weighted by Crippen LogP contribution is 2.19. The van der Waals surface area contributed by atoms with Crippen LogP contribution in [-0.2, 0) is 14.8 Å². The predicted molar refractivity (Wildman–Crippen MR) is 70.1 cm³/mol. The average molecular weight is 269 g/mol. The molecule has 0 spiro atoms. The van der Waals surface area contributed by atoms with Crippen LogP contribution in [0.25, 0.3) is 0 Å². The second kappa shape index (κ2) is 5.68. The molecule has 0 saturated carbocycles. The van der Waals surface area contributed by atoms with Gasteiger partial charge in [0.05, 0.1) is 11.4 Å². The fourth-order valence-corrected chi connectivity index (χ4v) is 2.65. The van der Waals surface area contributed by atoms with Crippen LogP contribution in [0.5, 0.6) is 0 Å². The first-order valence-corrected chi connectivity index (χ1v) is 6.87.